The van der Waals surface area contributed by atoms with Gasteiger partial charge in [0, 0.05) is 30.3 Å². The second-order valence-electron chi connectivity index (χ2n) is 4.32. The van der Waals surface area contributed by atoms with Crippen molar-refractivity contribution in [1.82, 2.24) is 10.3 Å². The minimum Gasteiger partial charge on any atom is -0.395 e. The van der Waals surface area contributed by atoms with Crippen molar-refractivity contribution >= 4 is 22.5 Å². The van der Waals surface area contributed by atoms with Crippen LogP contribution in [-0.4, -0.2) is 36.5 Å². The van der Waals surface area contributed by atoms with E-state index in [1.54, 1.807) is 13.3 Å². The average molecular weight is 281 g/mol. The largest absolute Gasteiger partial charge is 0.395 e. The molecule has 0 bridgehead atoms. The van der Waals surface area contributed by atoms with Gasteiger partial charge in [0.05, 0.1) is 24.8 Å². The number of nitrogens with zero attached hydrogens (tertiary/aromatic N) is 1. The van der Waals surface area contributed by atoms with Crippen molar-refractivity contribution in [3.05, 3.63) is 41.0 Å². The second-order valence-corrected chi connectivity index (χ2v) is 4.73. The molecule has 1 unspecified atom stereocenters. The Morgan fingerprint density at radius 2 is 2.26 bits per heavy atom. The van der Waals surface area contributed by atoms with E-state index in [4.69, 9.17) is 16.3 Å². The molecule has 5 heteroatoms. The van der Waals surface area contributed by atoms with Gasteiger partial charge in [0.2, 0.25) is 0 Å². The van der Waals surface area contributed by atoms with E-state index in [-0.39, 0.29) is 12.6 Å². The monoisotopic (exact) mass is 280 g/mol. The van der Waals surface area contributed by atoms with E-state index in [0.717, 1.165) is 16.5 Å². The topological polar surface area (TPSA) is 54.4 Å². The second kappa shape index (κ2) is 6.82. The van der Waals surface area contributed by atoms with Crippen LogP contribution in [0.4, 0.5) is 0 Å². The summed E-state index contributed by atoms with van der Waals surface area (Å²) >= 11 is 6.15. The number of benzene rings is 1. The first-order valence-corrected chi connectivity index (χ1v) is 6.49. The molecular weight excluding hydrogens is 264 g/mol. The van der Waals surface area contributed by atoms with Crippen LogP contribution in [0.15, 0.2) is 30.5 Å². The van der Waals surface area contributed by atoms with E-state index in [9.17, 15) is 5.11 Å². The molecule has 0 radical (unpaired) electrons. The minimum atomic E-state index is -0.0839. The van der Waals surface area contributed by atoms with Gasteiger partial charge in [-0.15, -0.1) is 0 Å². The Balaban J connectivity index is 2.19. The van der Waals surface area contributed by atoms with Crippen LogP contribution < -0.4 is 5.32 Å². The van der Waals surface area contributed by atoms with Gasteiger partial charge >= 0.3 is 0 Å². The first-order valence-electron chi connectivity index (χ1n) is 6.11. The van der Waals surface area contributed by atoms with Crippen molar-refractivity contribution in [2.45, 2.75) is 12.6 Å². The zero-order valence-corrected chi connectivity index (χ0v) is 11.5. The molecule has 0 fully saturated rings. The van der Waals surface area contributed by atoms with E-state index < -0.39 is 0 Å². The summed E-state index contributed by atoms with van der Waals surface area (Å²) in [6.07, 6.45) is 1.75. The number of ether oxygens (including phenoxy) is 1. The molecule has 1 aromatic heterocycles. The lowest BCUT2D eigenvalue weighted by Crippen LogP contribution is -2.35. The highest BCUT2D eigenvalue weighted by molar-refractivity contribution is 6.35. The summed E-state index contributed by atoms with van der Waals surface area (Å²) in [7, 11) is 1.61. The Morgan fingerprint density at radius 3 is 3.00 bits per heavy atom. The van der Waals surface area contributed by atoms with Crippen molar-refractivity contribution in [2.24, 2.45) is 0 Å². The van der Waals surface area contributed by atoms with Crippen LogP contribution in [0.5, 0.6) is 0 Å². The lowest BCUT2D eigenvalue weighted by atomic mass is 10.1. The predicted molar refractivity (Wildman–Crippen MR) is 76.3 cm³/mol. The Bertz CT molecular complexity index is 548. The Hall–Kier alpha value is -1.20. The molecule has 2 rings (SSSR count). The summed E-state index contributed by atoms with van der Waals surface area (Å²) in [6.45, 7) is 1.11. The first-order chi connectivity index (χ1) is 9.26. The van der Waals surface area contributed by atoms with Crippen molar-refractivity contribution < 1.29 is 9.84 Å². The lowest BCUT2D eigenvalue weighted by Gasteiger charge is -2.16. The Labute approximate surface area is 117 Å². The maximum absolute atomic E-state index is 9.21. The van der Waals surface area contributed by atoms with E-state index in [2.05, 4.69) is 10.3 Å². The fraction of sp³-hybridized carbons (Fsp3) is 0.357. The smallest absolute Gasteiger partial charge is 0.0761 e. The van der Waals surface area contributed by atoms with Gasteiger partial charge in [-0.2, -0.15) is 0 Å². The van der Waals surface area contributed by atoms with Gasteiger partial charge in [0.1, 0.15) is 0 Å². The Kier molecular flexibility index (Phi) is 5.10. The third kappa shape index (κ3) is 3.42. The molecule has 0 aliphatic heterocycles. The number of hydrogen-bond donors (Lipinski definition) is 2. The van der Waals surface area contributed by atoms with Gasteiger partial charge in [-0.05, 0) is 23.8 Å². The highest BCUT2D eigenvalue weighted by Crippen LogP contribution is 2.24. The normalized spacial score (nSPS) is 12.8. The van der Waals surface area contributed by atoms with Crippen molar-refractivity contribution in [3.63, 3.8) is 0 Å². The van der Waals surface area contributed by atoms with Gasteiger partial charge in [-0.1, -0.05) is 17.7 Å². The highest BCUT2D eigenvalue weighted by atomic mass is 35.5. The zero-order valence-electron chi connectivity index (χ0n) is 10.8. The summed E-state index contributed by atoms with van der Waals surface area (Å²) < 4.78 is 5.03. The van der Waals surface area contributed by atoms with Crippen LogP contribution in [0, 0.1) is 0 Å². The highest BCUT2D eigenvalue weighted by Gasteiger charge is 2.09. The summed E-state index contributed by atoms with van der Waals surface area (Å²) in [5, 5.41) is 14.1. The number of rotatable bonds is 6. The molecule has 0 aliphatic carbocycles. The summed E-state index contributed by atoms with van der Waals surface area (Å²) in [4.78, 5) is 4.37. The molecule has 1 aromatic carbocycles. The van der Waals surface area contributed by atoms with Crippen LogP contribution in [-0.2, 0) is 11.3 Å². The van der Waals surface area contributed by atoms with Crippen LogP contribution in [0.25, 0.3) is 10.9 Å². The van der Waals surface area contributed by atoms with Crippen LogP contribution >= 0.6 is 11.6 Å². The molecule has 0 amide bonds. The van der Waals surface area contributed by atoms with E-state index in [1.165, 1.54) is 0 Å². The molecule has 2 N–H and O–H groups in total. The summed E-state index contributed by atoms with van der Waals surface area (Å²) in [6, 6.07) is 7.55. The maximum Gasteiger partial charge on any atom is 0.0761 e. The van der Waals surface area contributed by atoms with E-state index in [0.29, 0.717) is 18.2 Å². The predicted octanol–water partition coefficient (Wildman–Crippen LogP) is 1.99. The van der Waals surface area contributed by atoms with Crippen molar-refractivity contribution in [3.8, 4) is 0 Å². The standard InChI is InChI=1S/C14H17ClN2O2/c1-19-9-11(8-18)17-7-10-4-5-13(15)12-3-2-6-16-14(10)12/h2-6,11,17-18H,7-9H2,1H3. The number of hydrogen-bond acceptors (Lipinski definition) is 4. The number of pyridine rings is 1. The average Bonchev–Trinajstić information content (AvgIpc) is 2.45. The number of nitrogens with one attached hydrogen (secondary N) is 1. The third-order valence-electron chi connectivity index (χ3n) is 2.97. The molecule has 102 valence electrons. The number of aliphatic hydroxyl groups is 1. The minimum absolute atomic E-state index is 0.0345. The summed E-state index contributed by atoms with van der Waals surface area (Å²) in [5.41, 5.74) is 1.94. The van der Waals surface area contributed by atoms with E-state index in [1.807, 2.05) is 24.3 Å². The number of halogens is 1. The molecule has 0 saturated carbocycles. The molecule has 19 heavy (non-hydrogen) atoms. The van der Waals surface area contributed by atoms with Gasteiger partial charge < -0.3 is 15.2 Å². The number of fused-ring (bicyclic) bond motifs is 1. The number of aliphatic hydroxyl groups excluding tert-OH is 1. The summed E-state index contributed by atoms with van der Waals surface area (Å²) in [5.74, 6) is 0. The van der Waals surface area contributed by atoms with Crippen LogP contribution in [0.3, 0.4) is 0 Å². The van der Waals surface area contributed by atoms with Crippen LogP contribution in [0.2, 0.25) is 5.02 Å². The number of aromatic nitrogens is 1. The fourth-order valence-electron chi connectivity index (χ4n) is 1.97. The van der Waals surface area contributed by atoms with Gasteiger partial charge in [0.25, 0.3) is 0 Å². The van der Waals surface area contributed by atoms with Crippen LogP contribution in [0.1, 0.15) is 5.56 Å². The van der Waals surface area contributed by atoms with Gasteiger partial charge in [-0.25, -0.2) is 0 Å². The fourth-order valence-corrected chi connectivity index (χ4v) is 2.19. The molecular formula is C14H17ClN2O2. The van der Waals surface area contributed by atoms with Crippen molar-refractivity contribution in [1.29, 1.82) is 0 Å². The van der Waals surface area contributed by atoms with Gasteiger partial charge in [0.15, 0.2) is 0 Å². The molecule has 2 aromatic rings. The third-order valence-corrected chi connectivity index (χ3v) is 3.30. The zero-order chi connectivity index (χ0) is 13.7. The molecule has 1 heterocycles. The maximum atomic E-state index is 9.21. The molecule has 0 saturated heterocycles. The lowest BCUT2D eigenvalue weighted by molar-refractivity contribution is 0.128. The Morgan fingerprint density at radius 1 is 1.42 bits per heavy atom. The molecule has 0 aliphatic rings. The van der Waals surface area contributed by atoms with Gasteiger partial charge in [-0.3, -0.25) is 4.98 Å². The first kappa shape index (κ1) is 14.2. The van der Waals surface area contributed by atoms with E-state index >= 15 is 0 Å². The molecule has 4 nitrogen and oxygen atoms in total. The molecule has 1 atom stereocenters. The van der Waals surface area contributed by atoms with Crippen molar-refractivity contribution in [2.75, 3.05) is 20.3 Å². The number of methoxy groups -OCH3 is 1. The SMILES string of the molecule is COCC(CO)NCc1ccc(Cl)c2cccnc12. The quantitative estimate of drug-likeness (QED) is 0.850. The molecule has 0 spiro atoms.